The standard InChI is InChI=1S/C23H25FN6O2/c1-17(31)26-18-5-4-6-19(15-18)27-22(32)16-28-11-13-29(14-12-28)23-25-9-10-30(23)21-8-3-2-7-20(21)24/h2-10,15H,11-14,16H2,1H3,(H,26,31)(H,27,32). The van der Waals surface area contributed by atoms with Crippen LogP contribution in [0.15, 0.2) is 60.9 Å². The van der Waals surface area contributed by atoms with Gasteiger partial charge in [0.15, 0.2) is 0 Å². The van der Waals surface area contributed by atoms with Crippen molar-refractivity contribution in [2.45, 2.75) is 6.92 Å². The summed E-state index contributed by atoms with van der Waals surface area (Å²) in [6.45, 7) is 4.42. The lowest BCUT2D eigenvalue weighted by molar-refractivity contribution is -0.117. The summed E-state index contributed by atoms with van der Waals surface area (Å²) < 4.78 is 16.0. The molecule has 0 aliphatic carbocycles. The zero-order valence-corrected chi connectivity index (χ0v) is 17.8. The Labute approximate surface area is 185 Å². The monoisotopic (exact) mass is 436 g/mol. The first-order chi connectivity index (χ1) is 15.5. The number of hydrogen-bond donors (Lipinski definition) is 2. The third-order valence-corrected chi connectivity index (χ3v) is 5.22. The molecular weight excluding hydrogens is 411 g/mol. The van der Waals surface area contributed by atoms with Gasteiger partial charge in [-0.2, -0.15) is 0 Å². The molecule has 2 N–H and O–H groups in total. The summed E-state index contributed by atoms with van der Waals surface area (Å²) in [5, 5.41) is 5.58. The second-order valence-corrected chi connectivity index (χ2v) is 7.62. The van der Waals surface area contributed by atoms with Gasteiger partial charge in [0.2, 0.25) is 17.8 Å². The number of imidazole rings is 1. The predicted octanol–water partition coefficient (Wildman–Crippen LogP) is 2.73. The fourth-order valence-corrected chi connectivity index (χ4v) is 3.75. The van der Waals surface area contributed by atoms with Crippen molar-refractivity contribution in [1.29, 1.82) is 0 Å². The summed E-state index contributed by atoms with van der Waals surface area (Å²) in [4.78, 5) is 32.3. The molecule has 8 nitrogen and oxygen atoms in total. The highest BCUT2D eigenvalue weighted by Crippen LogP contribution is 2.22. The van der Waals surface area contributed by atoms with Crippen LogP contribution in [-0.2, 0) is 9.59 Å². The van der Waals surface area contributed by atoms with E-state index in [2.05, 4.69) is 25.4 Å². The van der Waals surface area contributed by atoms with E-state index in [1.54, 1.807) is 59.4 Å². The van der Waals surface area contributed by atoms with E-state index in [0.717, 1.165) is 0 Å². The van der Waals surface area contributed by atoms with Crippen molar-refractivity contribution in [1.82, 2.24) is 14.5 Å². The number of anilines is 3. The molecule has 0 atom stereocenters. The molecule has 9 heteroatoms. The molecule has 0 bridgehead atoms. The van der Waals surface area contributed by atoms with Gasteiger partial charge in [-0.3, -0.25) is 19.1 Å². The Kier molecular flexibility index (Phi) is 6.46. The quantitative estimate of drug-likeness (QED) is 0.621. The number of para-hydroxylation sites is 1. The molecule has 3 aromatic rings. The first kappa shape index (κ1) is 21.5. The van der Waals surface area contributed by atoms with Crippen LogP contribution in [0.25, 0.3) is 5.69 Å². The number of aromatic nitrogens is 2. The third kappa shape index (κ3) is 5.12. The van der Waals surface area contributed by atoms with Gasteiger partial charge in [0.1, 0.15) is 5.82 Å². The van der Waals surface area contributed by atoms with Crippen LogP contribution < -0.4 is 15.5 Å². The highest BCUT2D eigenvalue weighted by molar-refractivity contribution is 5.94. The van der Waals surface area contributed by atoms with Crippen molar-refractivity contribution in [3.63, 3.8) is 0 Å². The van der Waals surface area contributed by atoms with Crippen molar-refractivity contribution in [3.8, 4) is 5.69 Å². The number of rotatable bonds is 6. The molecule has 0 radical (unpaired) electrons. The van der Waals surface area contributed by atoms with Crippen LogP contribution in [-0.4, -0.2) is 59.0 Å². The number of hydrogen-bond acceptors (Lipinski definition) is 5. The van der Waals surface area contributed by atoms with Crippen LogP contribution >= 0.6 is 0 Å². The van der Waals surface area contributed by atoms with Crippen molar-refractivity contribution in [2.75, 3.05) is 48.3 Å². The molecule has 2 aromatic carbocycles. The fourth-order valence-electron chi connectivity index (χ4n) is 3.75. The third-order valence-electron chi connectivity index (χ3n) is 5.22. The highest BCUT2D eigenvalue weighted by Gasteiger charge is 2.23. The highest BCUT2D eigenvalue weighted by atomic mass is 19.1. The Morgan fingerprint density at radius 1 is 1.00 bits per heavy atom. The maximum absolute atomic E-state index is 14.2. The fraction of sp³-hybridized carbons (Fsp3) is 0.261. The normalized spacial score (nSPS) is 14.2. The van der Waals surface area contributed by atoms with E-state index in [-0.39, 0.29) is 24.2 Å². The molecular formula is C23H25FN6O2. The van der Waals surface area contributed by atoms with Crippen molar-refractivity contribution in [3.05, 3.63) is 66.7 Å². The number of nitrogens with zero attached hydrogens (tertiary/aromatic N) is 4. The largest absolute Gasteiger partial charge is 0.339 e. The summed E-state index contributed by atoms with van der Waals surface area (Å²) in [5.41, 5.74) is 1.73. The molecule has 4 rings (SSSR count). The minimum absolute atomic E-state index is 0.119. The van der Waals surface area contributed by atoms with Crippen LogP contribution in [0.5, 0.6) is 0 Å². The molecule has 1 aliphatic rings. The van der Waals surface area contributed by atoms with Gasteiger partial charge in [-0.15, -0.1) is 0 Å². The average molecular weight is 436 g/mol. The molecule has 32 heavy (non-hydrogen) atoms. The van der Waals surface area contributed by atoms with E-state index in [0.29, 0.717) is 49.2 Å². The van der Waals surface area contributed by atoms with Gasteiger partial charge in [0.05, 0.1) is 12.2 Å². The van der Waals surface area contributed by atoms with Crippen molar-refractivity contribution in [2.24, 2.45) is 0 Å². The van der Waals surface area contributed by atoms with Gasteiger partial charge in [0.25, 0.3) is 0 Å². The zero-order valence-electron chi connectivity index (χ0n) is 17.8. The Bertz CT molecular complexity index is 1110. The lowest BCUT2D eigenvalue weighted by atomic mass is 10.2. The SMILES string of the molecule is CC(=O)Nc1cccc(NC(=O)CN2CCN(c3nccn3-c3ccccc3F)CC2)c1. The molecule has 0 unspecified atom stereocenters. The second kappa shape index (κ2) is 9.61. The first-order valence-corrected chi connectivity index (χ1v) is 10.4. The number of amides is 2. The zero-order chi connectivity index (χ0) is 22.5. The van der Waals surface area contributed by atoms with Gasteiger partial charge >= 0.3 is 0 Å². The van der Waals surface area contributed by atoms with Gasteiger partial charge in [-0.05, 0) is 30.3 Å². The summed E-state index contributed by atoms with van der Waals surface area (Å²) in [6.07, 6.45) is 3.42. The number of halogens is 1. The Hall–Kier alpha value is -3.72. The topological polar surface area (TPSA) is 82.5 Å². The van der Waals surface area contributed by atoms with E-state index < -0.39 is 0 Å². The molecule has 1 saturated heterocycles. The molecule has 1 aromatic heterocycles. The summed E-state index contributed by atoms with van der Waals surface area (Å²) in [5.74, 6) is 0.104. The van der Waals surface area contributed by atoms with Crippen molar-refractivity contribution < 1.29 is 14.0 Å². The van der Waals surface area contributed by atoms with Crippen LogP contribution in [0.1, 0.15) is 6.92 Å². The van der Waals surface area contributed by atoms with Gasteiger partial charge in [0, 0.05) is 56.9 Å². The lowest BCUT2D eigenvalue weighted by Crippen LogP contribution is -2.49. The molecule has 166 valence electrons. The minimum Gasteiger partial charge on any atom is -0.339 e. The van der Waals surface area contributed by atoms with Gasteiger partial charge in [-0.1, -0.05) is 18.2 Å². The Morgan fingerprint density at radius 2 is 1.72 bits per heavy atom. The molecule has 1 fully saturated rings. The Balaban J connectivity index is 1.32. The van der Waals surface area contributed by atoms with Crippen LogP contribution in [0.4, 0.5) is 21.7 Å². The van der Waals surface area contributed by atoms with Gasteiger partial charge in [-0.25, -0.2) is 9.37 Å². The maximum atomic E-state index is 14.2. The van der Waals surface area contributed by atoms with Crippen molar-refractivity contribution >= 4 is 29.1 Å². The van der Waals surface area contributed by atoms with Crippen LogP contribution in [0.3, 0.4) is 0 Å². The van der Waals surface area contributed by atoms with E-state index in [9.17, 15) is 14.0 Å². The molecule has 1 aliphatic heterocycles. The average Bonchev–Trinajstić information content (AvgIpc) is 3.24. The number of carbonyl (C=O) groups is 2. The van der Waals surface area contributed by atoms with E-state index in [4.69, 9.17) is 0 Å². The number of benzene rings is 2. The molecule has 0 saturated carbocycles. The maximum Gasteiger partial charge on any atom is 0.238 e. The van der Waals surface area contributed by atoms with E-state index in [1.807, 2.05) is 0 Å². The van der Waals surface area contributed by atoms with E-state index >= 15 is 0 Å². The van der Waals surface area contributed by atoms with Crippen LogP contribution in [0, 0.1) is 5.82 Å². The predicted molar refractivity (Wildman–Crippen MR) is 122 cm³/mol. The minimum atomic E-state index is -0.301. The molecule has 0 spiro atoms. The lowest BCUT2D eigenvalue weighted by Gasteiger charge is -2.35. The molecule has 2 heterocycles. The Morgan fingerprint density at radius 3 is 2.44 bits per heavy atom. The summed E-state index contributed by atoms with van der Waals surface area (Å²) in [7, 11) is 0. The number of piperazine rings is 1. The first-order valence-electron chi connectivity index (χ1n) is 10.4. The van der Waals surface area contributed by atoms with E-state index in [1.165, 1.54) is 13.0 Å². The summed E-state index contributed by atoms with van der Waals surface area (Å²) >= 11 is 0. The smallest absolute Gasteiger partial charge is 0.238 e. The van der Waals surface area contributed by atoms with Gasteiger partial charge < -0.3 is 15.5 Å². The second-order valence-electron chi connectivity index (χ2n) is 7.62. The number of carbonyl (C=O) groups excluding carboxylic acids is 2. The summed E-state index contributed by atoms with van der Waals surface area (Å²) in [6, 6.07) is 13.7. The van der Waals surface area contributed by atoms with Crippen LogP contribution in [0.2, 0.25) is 0 Å². The number of nitrogens with one attached hydrogen (secondary N) is 2. The molecule has 2 amide bonds.